The maximum atomic E-state index is 4.46. The topological polar surface area (TPSA) is 28.2 Å². The summed E-state index contributed by atoms with van der Waals surface area (Å²) in [5.74, 6) is 1.30. The summed E-state index contributed by atoms with van der Waals surface area (Å²) in [6, 6.07) is 2.71. The van der Waals surface area contributed by atoms with Crippen LogP contribution in [0.4, 0.5) is 5.69 Å². The summed E-state index contributed by atoms with van der Waals surface area (Å²) in [5, 5.41) is 3.52. The van der Waals surface area contributed by atoms with Crippen molar-refractivity contribution in [2.45, 2.75) is 54.1 Å². The molecule has 3 nitrogen and oxygen atoms in total. The molecule has 1 aromatic heterocycles. The average Bonchev–Trinajstić information content (AvgIpc) is 2.38. The molecule has 1 atom stereocenters. The average molecular weight is 277 g/mol. The molecule has 0 aromatic carbocycles. The van der Waals surface area contributed by atoms with Gasteiger partial charge in [-0.3, -0.25) is 4.98 Å². The van der Waals surface area contributed by atoms with Gasteiger partial charge in [-0.15, -0.1) is 0 Å². The molecular formula is C17H31N3. The highest BCUT2D eigenvalue weighted by atomic mass is 15.1. The molecule has 0 aliphatic carbocycles. The van der Waals surface area contributed by atoms with Gasteiger partial charge in [0.25, 0.3) is 0 Å². The van der Waals surface area contributed by atoms with E-state index in [0.717, 1.165) is 18.8 Å². The molecule has 1 N–H and O–H groups in total. The first kappa shape index (κ1) is 17.0. The van der Waals surface area contributed by atoms with Gasteiger partial charge in [0.05, 0.1) is 0 Å². The Morgan fingerprint density at radius 2 is 1.85 bits per heavy atom. The summed E-state index contributed by atoms with van der Waals surface area (Å²) in [6.07, 6.45) is 2.02. The molecule has 1 unspecified atom stereocenters. The fourth-order valence-electron chi connectivity index (χ4n) is 2.20. The lowest BCUT2D eigenvalue weighted by atomic mass is 10.0. The largest absolute Gasteiger partial charge is 0.371 e. The number of hydrogen-bond donors (Lipinski definition) is 1. The van der Waals surface area contributed by atoms with E-state index in [4.69, 9.17) is 0 Å². The zero-order valence-corrected chi connectivity index (χ0v) is 14.2. The third-order valence-corrected chi connectivity index (χ3v) is 3.92. The van der Waals surface area contributed by atoms with E-state index < -0.39 is 0 Å². The van der Waals surface area contributed by atoms with Crippen LogP contribution in [0.3, 0.4) is 0 Å². The first-order valence-corrected chi connectivity index (χ1v) is 7.72. The van der Waals surface area contributed by atoms with Gasteiger partial charge in [0.1, 0.15) is 0 Å². The first-order chi connectivity index (χ1) is 9.32. The second-order valence-electron chi connectivity index (χ2n) is 6.57. The smallest absolute Gasteiger partial charge is 0.0445 e. The second kappa shape index (κ2) is 7.63. The number of nitrogens with zero attached hydrogens (tertiary/aromatic N) is 2. The van der Waals surface area contributed by atoms with Crippen molar-refractivity contribution in [1.29, 1.82) is 0 Å². The van der Waals surface area contributed by atoms with E-state index in [1.54, 1.807) is 0 Å². The van der Waals surface area contributed by atoms with Crippen LogP contribution < -0.4 is 10.2 Å². The van der Waals surface area contributed by atoms with Crippen molar-refractivity contribution in [3.8, 4) is 0 Å². The molecule has 0 spiro atoms. The number of nitrogens with one attached hydrogen (secondary N) is 1. The van der Waals surface area contributed by atoms with Gasteiger partial charge in [-0.05, 0) is 38.3 Å². The minimum absolute atomic E-state index is 0.514. The van der Waals surface area contributed by atoms with Gasteiger partial charge in [-0.1, -0.05) is 27.7 Å². The van der Waals surface area contributed by atoms with Crippen LogP contribution in [0.5, 0.6) is 0 Å². The number of aryl methyl sites for hydroxylation is 1. The third kappa shape index (κ3) is 4.78. The van der Waals surface area contributed by atoms with E-state index in [9.17, 15) is 0 Å². The number of pyridine rings is 1. The lowest BCUT2D eigenvalue weighted by Crippen LogP contribution is -2.34. The monoisotopic (exact) mass is 277 g/mol. The molecule has 20 heavy (non-hydrogen) atoms. The highest BCUT2D eigenvalue weighted by Gasteiger charge is 2.17. The quantitative estimate of drug-likeness (QED) is 0.825. The summed E-state index contributed by atoms with van der Waals surface area (Å²) in [7, 11) is 2.19. The van der Waals surface area contributed by atoms with Crippen molar-refractivity contribution >= 4 is 5.69 Å². The Morgan fingerprint density at radius 3 is 2.40 bits per heavy atom. The molecule has 0 radical (unpaired) electrons. The van der Waals surface area contributed by atoms with Crippen LogP contribution in [0.25, 0.3) is 0 Å². The second-order valence-corrected chi connectivity index (χ2v) is 6.57. The van der Waals surface area contributed by atoms with Crippen molar-refractivity contribution in [3.05, 3.63) is 23.5 Å². The molecule has 114 valence electrons. The predicted molar refractivity (Wildman–Crippen MR) is 88.2 cm³/mol. The van der Waals surface area contributed by atoms with Gasteiger partial charge in [-0.2, -0.15) is 0 Å². The first-order valence-electron chi connectivity index (χ1n) is 7.72. The van der Waals surface area contributed by atoms with E-state index in [0.29, 0.717) is 17.9 Å². The normalized spacial score (nSPS) is 13.1. The molecule has 1 rings (SSSR count). The lowest BCUT2D eigenvalue weighted by molar-refractivity contribution is 0.502. The van der Waals surface area contributed by atoms with Crippen LogP contribution in [-0.4, -0.2) is 24.6 Å². The molecule has 0 saturated carbocycles. The van der Waals surface area contributed by atoms with E-state index in [1.807, 2.05) is 6.20 Å². The minimum atomic E-state index is 0.514. The van der Waals surface area contributed by atoms with Crippen molar-refractivity contribution < 1.29 is 0 Å². The van der Waals surface area contributed by atoms with E-state index >= 15 is 0 Å². The van der Waals surface area contributed by atoms with Gasteiger partial charge in [0, 0.05) is 42.8 Å². The standard InChI is InChI=1S/C17H31N3/c1-12(2)9-18-10-16-11-19-14(5)8-17(16)20(7)15(6)13(3)4/h8,11-13,15,18H,9-10H2,1-7H3. The SMILES string of the molecule is Cc1cc(N(C)C(C)C(C)C)c(CNCC(C)C)cn1. The molecule has 0 amide bonds. The molecule has 0 aliphatic heterocycles. The zero-order valence-electron chi connectivity index (χ0n) is 14.2. The molecular weight excluding hydrogens is 246 g/mol. The van der Waals surface area contributed by atoms with Gasteiger partial charge in [0.15, 0.2) is 0 Å². The van der Waals surface area contributed by atoms with Crippen LogP contribution in [0, 0.1) is 18.8 Å². The number of rotatable bonds is 7. The minimum Gasteiger partial charge on any atom is -0.371 e. The molecule has 0 bridgehead atoms. The third-order valence-electron chi connectivity index (χ3n) is 3.92. The molecule has 0 aliphatic rings. The maximum absolute atomic E-state index is 4.46. The Kier molecular flexibility index (Phi) is 6.47. The number of hydrogen-bond acceptors (Lipinski definition) is 3. The Balaban J connectivity index is 2.89. The summed E-state index contributed by atoms with van der Waals surface area (Å²) in [5.41, 5.74) is 3.66. The van der Waals surface area contributed by atoms with E-state index in [-0.39, 0.29) is 0 Å². The van der Waals surface area contributed by atoms with Gasteiger partial charge in [-0.25, -0.2) is 0 Å². The Bertz CT molecular complexity index is 413. The number of anilines is 1. The van der Waals surface area contributed by atoms with Crippen molar-refractivity contribution in [3.63, 3.8) is 0 Å². The Morgan fingerprint density at radius 1 is 1.20 bits per heavy atom. The summed E-state index contributed by atoms with van der Waals surface area (Å²) >= 11 is 0. The predicted octanol–water partition coefficient (Wildman–Crippen LogP) is 3.62. The molecule has 3 heteroatoms. The van der Waals surface area contributed by atoms with Gasteiger partial charge < -0.3 is 10.2 Å². The van der Waals surface area contributed by atoms with Crippen molar-refractivity contribution in [1.82, 2.24) is 10.3 Å². The zero-order chi connectivity index (χ0) is 15.3. The summed E-state index contributed by atoms with van der Waals surface area (Å²) in [4.78, 5) is 6.84. The molecule has 1 aromatic rings. The van der Waals surface area contributed by atoms with E-state index in [1.165, 1.54) is 11.3 Å². The highest BCUT2D eigenvalue weighted by molar-refractivity contribution is 5.53. The molecule has 0 saturated heterocycles. The molecule has 1 heterocycles. The van der Waals surface area contributed by atoms with E-state index in [2.05, 4.69) is 69.9 Å². The Labute approximate surface area is 124 Å². The van der Waals surface area contributed by atoms with Gasteiger partial charge in [0.2, 0.25) is 0 Å². The summed E-state index contributed by atoms with van der Waals surface area (Å²) < 4.78 is 0. The summed E-state index contributed by atoms with van der Waals surface area (Å²) in [6.45, 7) is 15.3. The highest BCUT2D eigenvalue weighted by Crippen LogP contribution is 2.24. The fraction of sp³-hybridized carbons (Fsp3) is 0.706. The van der Waals surface area contributed by atoms with Crippen LogP contribution in [0.2, 0.25) is 0 Å². The van der Waals surface area contributed by atoms with Crippen LogP contribution >= 0.6 is 0 Å². The van der Waals surface area contributed by atoms with Gasteiger partial charge >= 0.3 is 0 Å². The lowest BCUT2D eigenvalue weighted by Gasteiger charge is -2.32. The maximum Gasteiger partial charge on any atom is 0.0445 e. The van der Waals surface area contributed by atoms with Crippen LogP contribution in [0.15, 0.2) is 12.3 Å². The van der Waals surface area contributed by atoms with Crippen LogP contribution in [-0.2, 0) is 6.54 Å². The molecule has 0 fully saturated rings. The Hall–Kier alpha value is -1.09. The van der Waals surface area contributed by atoms with Crippen LogP contribution in [0.1, 0.15) is 45.9 Å². The fourth-order valence-corrected chi connectivity index (χ4v) is 2.20. The number of aromatic nitrogens is 1. The van der Waals surface area contributed by atoms with Crippen molar-refractivity contribution in [2.75, 3.05) is 18.5 Å². The van der Waals surface area contributed by atoms with Crippen molar-refractivity contribution in [2.24, 2.45) is 11.8 Å².